The van der Waals surface area contributed by atoms with Gasteiger partial charge in [-0.15, -0.1) is 0 Å². The molecule has 2 heterocycles. The van der Waals surface area contributed by atoms with E-state index in [1.807, 2.05) is 27.7 Å². The van der Waals surface area contributed by atoms with Gasteiger partial charge in [-0.1, -0.05) is 26.8 Å². The molecular formula is C19H23N5O3S. The highest BCUT2D eigenvalue weighted by atomic mass is 32.2. The van der Waals surface area contributed by atoms with Crippen molar-refractivity contribution in [2.75, 3.05) is 11.8 Å². The second-order valence-corrected chi connectivity index (χ2v) is 9.04. The Morgan fingerprint density at radius 1 is 1.11 bits per heavy atom. The Kier molecular flexibility index (Phi) is 5.12. The van der Waals surface area contributed by atoms with Gasteiger partial charge in [0.1, 0.15) is 16.5 Å². The molecule has 0 saturated carbocycles. The maximum Gasteiger partial charge on any atom is 0.266 e. The van der Waals surface area contributed by atoms with Gasteiger partial charge >= 0.3 is 0 Å². The van der Waals surface area contributed by atoms with E-state index in [4.69, 9.17) is 4.74 Å². The third kappa shape index (κ3) is 3.99. The van der Waals surface area contributed by atoms with Gasteiger partial charge in [-0.3, -0.25) is 4.72 Å². The number of aryl methyl sites for hydroxylation is 1. The number of anilines is 1. The number of aromatic nitrogens is 4. The maximum absolute atomic E-state index is 13.1. The van der Waals surface area contributed by atoms with Crippen LogP contribution in [0.15, 0.2) is 47.6 Å². The van der Waals surface area contributed by atoms with Crippen molar-refractivity contribution in [3.63, 3.8) is 0 Å². The van der Waals surface area contributed by atoms with Gasteiger partial charge < -0.3 is 4.74 Å². The van der Waals surface area contributed by atoms with Crippen LogP contribution < -0.4 is 9.46 Å². The Morgan fingerprint density at radius 3 is 2.39 bits per heavy atom. The van der Waals surface area contributed by atoms with Gasteiger partial charge in [0.25, 0.3) is 16.0 Å². The zero-order valence-corrected chi connectivity index (χ0v) is 17.3. The fourth-order valence-electron chi connectivity index (χ4n) is 2.56. The normalized spacial score (nSPS) is 12.0. The molecule has 0 aliphatic carbocycles. The standard InChI is InChI=1S/C19H23N5O3S/c1-13-7-8-14(27-5)15(11-13)28(25,26)23-17-12-16(19(2,3)4)22-24(17)18-20-9-6-10-21-18/h6-12,23H,1-5H3. The topological polar surface area (TPSA) is 99.0 Å². The predicted molar refractivity (Wildman–Crippen MR) is 106 cm³/mol. The molecule has 0 unspecified atom stereocenters. The second kappa shape index (κ2) is 7.23. The molecule has 9 heteroatoms. The minimum atomic E-state index is -3.93. The van der Waals surface area contributed by atoms with Crippen LogP contribution in [0.25, 0.3) is 5.95 Å². The molecule has 3 aromatic rings. The lowest BCUT2D eigenvalue weighted by Gasteiger charge is -2.13. The summed E-state index contributed by atoms with van der Waals surface area (Å²) in [5.74, 6) is 0.780. The van der Waals surface area contributed by atoms with Gasteiger partial charge in [0, 0.05) is 23.9 Å². The fourth-order valence-corrected chi connectivity index (χ4v) is 3.85. The average Bonchev–Trinajstić information content (AvgIpc) is 3.06. The van der Waals surface area contributed by atoms with Crippen LogP contribution in [-0.4, -0.2) is 35.3 Å². The highest BCUT2D eigenvalue weighted by Gasteiger charge is 2.26. The summed E-state index contributed by atoms with van der Waals surface area (Å²) < 4.78 is 35.4. The van der Waals surface area contributed by atoms with Crippen LogP contribution in [0.2, 0.25) is 0 Å². The third-order valence-corrected chi connectivity index (χ3v) is 5.44. The summed E-state index contributed by atoms with van der Waals surface area (Å²) in [5.41, 5.74) is 1.21. The van der Waals surface area contributed by atoms with E-state index in [0.717, 1.165) is 5.56 Å². The van der Waals surface area contributed by atoms with Gasteiger partial charge in [0.2, 0.25) is 0 Å². The van der Waals surface area contributed by atoms with Crippen LogP contribution in [-0.2, 0) is 15.4 Å². The molecule has 0 aliphatic heterocycles. The Morgan fingerprint density at radius 2 is 1.79 bits per heavy atom. The maximum atomic E-state index is 13.1. The molecule has 3 rings (SSSR count). The molecule has 28 heavy (non-hydrogen) atoms. The molecule has 1 N–H and O–H groups in total. The highest BCUT2D eigenvalue weighted by Crippen LogP contribution is 2.30. The number of sulfonamides is 1. The largest absolute Gasteiger partial charge is 0.495 e. The molecule has 2 aromatic heterocycles. The van der Waals surface area contributed by atoms with E-state index in [0.29, 0.717) is 5.69 Å². The molecule has 0 bridgehead atoms. The Bertz CT molecular complexity index is 1090. The van der Waals surface area contributed by atoms with E-state index in [1.165, 1.54) is 11.8 Å². The molecule has 148 valence electrons. The van der Waals surface area contributed by atoms with Crippen LogP contribution in [0.1, 0.15) is 32.0 Å². The van der Waals surface area contributed by atoms with Crippen LogP contribution >= 0.6 is 0 Å². The fraction of sp³-hybridized carbons (Fsp3) is 0.316. The van der Waals surface area contributed by atoms with Crippen molar-refractivity contribution >= 4 is 15.8 Å². The smallest absolute Gasteiger partial charge is 0.266 e. The summed E-state index contributed by atoms with van der Waals surface area (Å²) >= 11 is 0. The molecule has 0 aliphatic rings. The molecule has 8 nitrogen and oxygen atoms in total. The zero-order valence-electron chi connectivity index (χ0n) is 16.5. The van der Waals surface area contributed by atoms with Gasteiger partial charge in [-0.05, 0) is 30.7 Å². The van der Waals surface area contributed by atoms with Crippen LogP contribution in [0.3, 0.4) is 0 Å². The van der Waals surface area contributed by atoms with Gasteiger partial charge in [0.15, 0.2) is 0 Å². The second-order valence-electron chi connectivity index (χ2n) is 7.39. The van der Waals surface area contributed by atoms with E-state index >= 15 is 0 Å². The van der Waals surface area contributed by atoms with Crippen molar-refractivity contribution in [2.45, 2.75) is 38.0 Å². The Hall–Kier alpha value is -2.94. The van der Waals surface area contributed by atoms with Crippen molar-refractivity contribution < 1.29 is 13.2 Å². The number of ether oxygens (including phenoxy) is 1. The van der Waals surface area contributed by atoms with Gasteiger partial charge in [-0.2, -0.15) is 9.78 Å². The van der Waals surface area contributed by atoms with Crippen molar-refractivity contribution in [3.8, 4) is 11.7 Å². The number of nitrogens with zero attached hydrogens (tertiary/aromatic N) is 4. The lowest BCUT2D eigenvalue weighted by Crippen LogP contribution is -2.17. The summed E-state index contributed by atoms with van der Waals surface area (Å²) in [6.07, 6.45) is 3.14. The number of hydrogen-bond donors (Lipinski definition) is 1. The Labute approximate surface area is 164 Å². The van der Waals surface area contributed by atoms with E-state index in [1.54, 1.807) is 42.7 Å². The van der Waals surface area contributed by atoms with E-state index in [2.05, 4.69) is 19.8 Å². The molecule has 0 fully saturated rings. The van der Waals surface area contributed by atoms with Crippen LogP contribution in [0.5, 0.6) is 5.75 Å². The average molecular weight is 401 g/mol. The van der Waals surface area contributed by atoms with E-state index in [9.17, 15) is 8.42 Å². The van der Waals surface area contributed by atoms with Crippen molar-refractivity contribution in [2.24, 2.45) is 0 Å². The monoisotopic (exact) mass is 401 g/mol. The first-order valence-electron chi connectivity index (χ1n) is 8.67. The third-order valence-electron chi connectivity index (χ3n) is 4.07. The minimum Gasteiger partial charge on any atom is -0.495 e. The summed E-state index contributed by atoms with van der Waals surface area (Å²) in [6.45, 7) is 7.80. The minimum absolute atomic E-state index is 0.0500. The quantitative estimate of drug-likeness (QED) is 0.705. The van der Waals surface area contributed by atoms with E-state index < -0.39 is 10.0 Å². The molecule has 0 atom stereocenters. The number of nitrogens with one attached hydrogen (secondary N) is 1. The lowest BCUT2D eigenvalue weighted by atomic mass is 9.92. The first-order valence-corrected chi connectivity index (χ1v) is 10.2. The number of hydrogen-bond acceptors (Lipinski definition) is 6. The molecule has 0 radical (unpaired) electrons. The predicted octanol–water partition coefficient (Wildman–Crippen LogP) is 3.08. The summed E-state index contributed by atoms with van der Waals surface area (Å²) in [5, 5.41) is 4.52. The lowest BCUT2D eigenvalue weighted by molar-refractivity contribution is 0.402. The Balaban J connectivity index is 2.11. The van der Waals surface area contributed by atoms with E-state index in [-0.39, 0.29) is 27.8 Å². The van der Waals surface area contributed by atoms with Gasteiger partial charge in [-0.25, -0.2) is 18.4 Å². The van der Waals surface area contributed by atoms with Crippen molar-refractivity contribution in [1.82, 2.24) is 19.7 Å². The van der Waals surface area contributed by atoms with Gasteiger partial charge in [0.05, 0.1) is 12.8 Å². The first kappa shape index (κ1) is 19.8. The summed E-state index contributed by atoms with van der Waals surface area (Å²) in [4.78, 5) is 8.42. The summed E-state index contributed by atoms with van der Waals surface area (Å²) in [7, 11) is -2.50. The highest BCUT2D eigenvalue weighted by molar-refractivity contribution is 7.92. The molecule has 0 amide bonds. The SMILES string of the molecule is COc1ccc(C)cc1S(=O)(=O)Nc1cc(C(C)(C)C)nn1-c1ncccn1. The summed E-state index contributed by atoms with van der Waals surface area (Å²) in [6, 6.07) is 8.35. The number of rotatable bonds is 5. The molecular weight excluding hydrogens is 378 g/mol. The van der Waals surface area contributed by atoms with Crippen molar-refractivity contribution in [3.05, 3.63) is 54.0 Å². The van der Waals surface area contributed by atoms with Crippen molar-refractivity contribution in [1.29, 1.82) is 0 Å². The molecule has 1 aromatic carbocycles. The number of methoxy groups -OCH3 is 1. The first-order chi connectivity index (χ1) is 13.1. The number of benzene rings is 1. The van der Waals surface area contributed by atoms with Crippen LogP contribution in [0, 0.1) is 6.92 Å². The molecule has 0 saturated heterocycles. The zero-order chi connectivity index (χ0) is 20.5. The van der Waals surface area contributed by atoms with Crippen LogP contribution in [0.4, 0.5) is 5.82 Å². The molecule has 0 spiro atoms.